The van der Waals surface area contributed by atoms with Gasteiger partial charge < -0.3 is 4.90 Å². The summed E-state index contributed by atoms with van der Waals surface area (Å²) in [7, 11) is 0. The Hall–Kier alpha value is -0.760. The molecule has 0 aromatic carbocycles. The highest BCUT2D eigenvalue weighted by Crippen LogP contribution is 2.32. The van der Waals surface area contributed by atoms with Gasteiger partial charge in [-0.3, -0.25) is 4.98 Å². The Morgan fingerprint density at radius 2 is 2.24 bits per heavy atom. The summed E-state index contributed by atoms with van der Waals surface area (Å²) in [4.78, 5) is 6.78. The molecule has 0 aliphatic heterocycles. The van der Waals surface area contributed by atoms with Gasteiger partial charge in [-0.1, -0.05) is 13.8 Å². The van der Waals surface area contributed by atoms with Crippen LogP contribution in [-0.2, 0) is 5.88 Å². The van der Waals surface area contributed by atoms with E-state index in [1.54, 1.807) is 0 Å². The Morgan fingerprint density at radius 1 is 1.47 bits per heavy atom. The van der Waals surface area contributed by atoms with E-state index in [-0.39, 0.29) is 0 Å². The summed E-state index contributed by atoms with van der Waals surface area (Å²) >= 11 is 5.85. The molecule has 0 bridgehead atoms. The van der Waals surface area contributed by atoms with Crippen LogP contribution in [0.1, 0.15) is 38.8 Å². The fraction of sp³-hybridized carbons (Fsp3) is 0.643. The van der Waals surface area contributed by atoms with Crippen LogP contribution in [0, 0.1) is 5.92 Å². The van der Waals surface area contributed by atoms with Crippen LogP contribution in [0.5, 0.6) is 0 Å². The number of nitrogens with zero attached hydrogens (tertiary/aromatic N) is 2. The van der Waals surface area contributed by atoms with Crippen LogP contribution in [0.3, 0.4) is 0 Å². The largest absolute Gasteiger partial charge is 0.368 e. The van der Waals surface area contributed by atoms with Gasteiger partial charge in [0.15, 0.2) is 0 Å². The van der Waals surface area contributed by atoms with Crippen LogP contribution < -0.4 is 4.90 Å². The summed E-state index contributed by atoms with van der Waals surface area (Å²) in [6, 6.07) is 4.99. The first-order valence-electron chi connectivity index (χ1n) is 6.48. The Labute approximate surface area is 109 Å². The van der Waals surface area contributed by atoms with E-state index in [1.165, 1.54) is 24.9 Å². The highest BCUT2D eigenvalue weighted by molar-refractivity contribution is 6.16. The van der Waals surface area contributed by atoms with E-state index >= 15 is 0 Å². The topological polar surface area (TPSA) is 16.1 Å². The van der Waals surface area contributed by atoms with Gasteiger partial charge in [-0.2, -0.15) is 0 Å². The molecule has 1 heterocycles. The van der Waals surface area contributed by atoms with Crippen molar-refractivity contribution in [2.24, 2.45) is 5.92 Å². The van der Waals surface area contributed by atoms with Gasteiger partial charge in [0.05, 0.1) is 11.6 Å². The second-order valence-electron chi connectivity index (χ2n) is 5.25. The molecule has 0 atom stereocenters. The monoisotopic (exact) mass is 252 g/mol. The van der Waals surface area contributed by atoms with E-state index in [9.17, 15) is 0 Å². The maximum Gasteiger partial charge on any atom is 0.0648 e. The fourth-order valence-electron chi connectivity index (χ4n) is 2.02. The smallest absolute Gasteiger partial charge is 0.0648 e. The van der Waals surface area contributed by atoms with Crippen molar-refractivity contribution in [2.45, 2.75) is 45.0 Å². The normalized spacial score (nSPS) is 15.3. The minimum Gasteiger partial charge on any atom is -0.368 e. The Kier molecular flexibility index (Phi) is 4.27. The number of anilines is 1. The van der Waals surface area contributed by atoms with Gasteiger partial charge in [0.1, 0.15) is 0 Å². The fourth-order valence-corrected chi connectivity index (χ4v) is 2.17. The van der Waals surface area contributed by atoms with Crippen molar-refractivity contribution in [3.8, 4) is 0 Å². The van der Waals surface area contributed by atoms with E-state index < -0.39 is 0 Å². The average Bonchev–Trinajstić information content (AvgIpc) is 3.14. The maximum atomic E-state index is 5.85. The number of aromatic nitrogens is 1. The number of rotatable bonds is 6. The quantitative estimate of drug-likeness (QED) is 0.716. The lowest BCUT2D eigenvalue weighted by Gasteiger charge is -2.25. The van der Waals surface area contributed by atoms with E-state index in [4.69, 9.17) is 11.6 Å². The van der Waals surface area contributed by atoms with Crippen LogP contribution in [0.15, 0.2) is 18.3 Å². The molecule has 0 N–H and O–H groups in total. The molecule has 3 heteroatoms. The Bertz CT molecular complexity index is 361. The zero-order valence-corrected chi connectivity index (χ0v) is 11.5. The van der Waals surface area contributed by atoms with Crippen LogP contribution in [0.2, 0.25) is 0 Å². The molecule has 0 radical (unpaired) electrons. The number of hydrogen-bond acceptors (Lipinski definition) is 2. The van der Waals surface area contributed by atoms with Gasteiger partial charge in [-0.05, 0) is 37.3 Å². The summed E-state index contributed by atoms with van der Waals surface area (Å²) in [6.07, 6.45) is 5.78. The van der Waals surface area contributed by atoms with Gasteiger partial charge in [-0.15, -0.1) is 11.6 Å². The van der Waals surface area contributed by atoms with Gasteiger partial charge >= 0.3 is 0 Å². The van der Waals surface area contributed by atoms with Crippen molar-refractivity contribution in [3.05, 3.63) is 24.0 Å². The molecular formula is C14H21ClN2. The lowest BCUT2D eigenvalue weighted by Crippen LogP contribution is -2.27. The zero-order chi connectivity index (χ0) is 12.3. The van der Waals surface area contributed by atoms with Crippen molar-refractivity contribution in [2.75, 3.05) is 11.4 Å². The number of pyridine rings is 1. The molecule has 1 fully saturated rings. The lowest BCUT2D eigenvalue weighted by molar-refractivity contribution is 0.570. The van der Waals surface area contributed by atoms with Crippen molar-refractivity contribution in [1.29, 1.82) is 0 Å². The molecule has 1 aromatic heterocycles. The summed E-state index contributed by atoms with van der Waals surface area (Å²) in [5.74, 6) is 1.25. The van der Waals surface area contributed by atoms with Crippen molar-refractivity contribution in [3.63, 3.8) is 0 Å². The molecule has 0 spiro atoms. The molecule has 1 aliphatic rings. The molecule has 1 saturated carbocycles. The molecule has 2 nitrogen and oxygen atoms in total. The molecule has 0 saturated heterocycles. The first kappa shape index (κ1) is 12.7. The van der Waals surface area contributed by atoms with Crippen LogP contribution in [0.25, 0.3) is 0 Å². The average molecular weight is 253 g/mol. The summed E-state index contributed by atoms with van der Waals surface area (Å²) in [6.45, 7) is 5.71. The second kappa shape index (κ2) is 5.72. The summed E-state index contributed by atoms with van der Waals surface area (Å²) in [5.41, 5.74) is 2.26. The van der Waals surface area contributed by atoms with Gasteiger partial charge in [-0.25, -0.2) is 0 Å². The predicted octanol–water partition coefficient (Wildman–Crippen LogP) is 3.84. The molecule has 0 unspecified atom stereocenters. The highest BCUT2D eigenvalue weighted by atomic mass is 35.5. The van der Waals surface area contributed by atoms with Crippen LogP contribution in [-0.4, -0.2) is 17.6 Å². The summed E-state index contributed by atoms with van der Waals surface area (Å²) < 4.78 is 0. The van der Waals surface area contributed by atoms with Gasteiger partial charge in [0.25, 0.3) is 0 Å². The summed E-state index contributed by atoms with van der Waals surface area (Å²) in [5, 5.41) is 0. The van der Waals surface area contributed by atoms with Gasteiger partial charge in [0.2, 0.25) is 0 Å². The van der Waals surface area contributed by atoms with Crippen molar-refractivity contribution >= 4 is 17.3 Å². The number of alkyl halides is 1. The second-order valence-corrected chi connectivity index (χ2v) is 5.51. The lowest BCUT2D eigenvalue weighted by atomic mass is 10.1. The first-order valence-corrected chi connectivity index (χ1v) is 7.01. The Balaban J connectivity index is 2.08. The standard InChI is InChI=1S/C14H21ClN2/c1-11(2)6-8-17(13-3-4-13)14-5-7-16-12(9-14)10-15/h5,7,9,11,13H,3-4,6,8,10H2,1-2H3. The number of halogens is 1. The Morgan fingerprint density at radius 3 is 2.82 bits per heavy atom. The molecule has 1 aromatic rings. The maximum absolute atomic E-state index is 5.85. The van der Waals surface area contributed by atoms with E-state index in [1.807, 2.05) is 6.20 Å². The van der Waals surface area contributed by atoms with Crippen LogP contribution in [0.4, 0.5) is 5.69 Å². The zero-order valence-electron chi connectivity index (χ0n) is 10.7. The van der Waals surface area contributed by atoms with Crippen molar-refractivity contribution in [1.82, 2.24) is 4.98 Å². The molecule has 1 aliphatic carbocycles. The third-order valence-corrected chi connectivity index (χ3v) is 3.48. The molecule has 94 valence electrons. The van der Waals surface area contributed by atoms with E-state index in [0.29, 0.717) is 5.88 Å². The SMILES string of the molecule is CC(C)CCN(c1ccnc(CCl)c1)C1CC1. The van der Waals surface area contributed by atoms with Crippen LogP contribution >= 0.6 is 11.6 Å². The van der Waals surface area contributed by atoms with Crippen molar-refractivity contribution < 1.29 is 0 Å². The molecule has 17 heavy (non-hydrogen) atoms. The number of hydrogen-bond donors (Lipinski definition) is 0. The van der Waals surface area contributed by atoms with E-state index in [0.717, 1.165) is 24.2 Å². The molecule has 2 rings (SSSR count). The minimum atomic E-state index is 0.497. The first-order chi connectivity index (χ1) is 8.20. The molecular weight excluding hydrogens is 232 g/mol. The van der Waals surface area contributed by atoms with E-state index in [2.05, 4.69) is 35.9 Å². The highest BCUT2D eigenvalue weighted by Gasteiger charge is 2.29. The van der Waals surface area contributed by atoms with Gasteiger partial charge in [0, 0.05) is 24.5 Å². The minimum absolute atomic E-state index is 0.497. The predicted molar refractivity (Wildman–Crippen MR) is 73.6 cm³/mol. The third kappa shape index (κ3) is 3.60. The molecule has 0 amide bonds. The third-order valence-electron chi connectivity index (χ3n) is 3.20.